The fourth-order valence-corrected chi connectivity index (χ4v) is 1.74. The van der Waals surface area contributed by atoms with E-state index in [0.717, 1.165) is 37.7 Å². The number of aryl methyl sites for hydroxylation is 1. The highest BCUT2D eigenvalue weighted by Crippen LogP contribution is 2.14. The summed E-state index contributed by atoms with van der Waals surface area (Å²) in [7, 11) is 0. The Balaban J connectivity index is 2.22. The molecule has 0 atom stereocenters. The van der Waals surface area contributed by atoms with Gasteiger partial charge in [-0.15, -0.1) is 0 Å². The summed E-state index contributed by atoms with van der Waals surface area (Å²) >= 11 is 0. The molecule has 0 aliphatic carbocycles. The van der Waals surface area contributed by atoms with Gasteiger partial charge in [-0.1, -0.05) is 0 Å². The first-order chi connectivity index (χ1) is 7.31. The second-order valence-corrected chi connectivity index (χ2v) is 3.65. The molecule has 0 bridgehead atoms. The van der Waals surface area contributed by atoms with Crippen LogP contribution in [0.4, 0.5) is 5.82 Å². The van der Waals surface area contributed by atoms with E-state index in [1.165, 1.54) is 0 Å². The van der Waals surface area contributed by atoms with Gasteiger partial charge >= 0.3 is 0 Å². The highest BCUT2D eigenvalue weighted by atomic mass is 15.2. The van der Waals surface area contributed by atoms with Crippen LogP contribution in [0.15, 0.2) is 12.1 Å². The lowest BCUT2D eigenvalue weighted by Gasteiger charge is -2.28. The van der Waals surface area contributed by atoms with Crippen molar-refractivity contribution >= 4 is 5.82 Å². The number of nitriles is 1. The number of pyridine rings is 1. The molecule has 78 valence electrons. The van der Waals surface area contributed by atoms with Gasteiger partial charge in [0.1, 0.15) is 11.9 Å². The molecule has 0 amide bonds. The van der Waals surface area contributed by atoms with E-state index in [1.54, 1.807) is 0 Å². The first kappa shape index (κ1) is 9.94. The third-order valence-corrected chi connectivity index (χ3v) is 2.63. The van der Waals surface area contributed by atoms with E-state index in [2.05, 4.69) is 21.3 Å². The fourth-order valence-electron chi connectivity index (χ4n) is 1.74. The molecule has 1 N–H and O–H groups in total. The Hall–Kier alpha value is -1.60. The van der Waals surface area contributed by atoms with E-state index >= 15 is 0 Å². The van der Waals surface area contributed by atoms with Crippen LogP contribution in [0.25, 0.3) is 0 Å². The first-order valence-electron chi connectivity index (χ1n) is 5.14. The van der Waals surface area contributed by atoms with E-state index in [9.17, 15) is 0 Å². The van der Waals surface area contributed by atoms with Gasteiger partial charge in [0.2, 0.25) is 0 Å². The molecule has 1 saturated heterocycles. The minimum absolute atomic E-state index is 0.661. The third kappa shape index (κ3) is 2.08. The summed E-state index contributed by atoms with van der Waals surface area (Å²) in [5, 5.41) is 12.1. The van der Waals surface area contributed by atoms with Crippen LogP contribution < -0.4 is 10.2 Å². The van der Waals surface area contributed by atoms with Crippen molar-refractivity contribution in [2.24, 2.45) is 0 Å². The van der Waals surface area contributed by atoms with Crippen LogP contribution in [0.5, 0.6) is 0 Å². The fraction of sp³-hybridized carbons (Fsp3) is 0.455. The van der Waals surface area contributed by atoms with Gasteiger partial charge in [-0.3, -0.25) is 0 Å². The zero-order valence-electron chi connectivity index (χ0n) is 8.82. The molecule has 1 fully saturated rings. The SMILES string of the molecule is Cc1nc(N2CCNCC2)ccc1C#N. The van der Waals surface area contributed by atoms with Crippen LogP contribution in [-0.4, -0.2) is 31.2 Å². The first-order valence-corrected chi connectivity index (χ1v) is 5.14. The summed E-state index contributed by atoms with van der Waals surface area (Å²) in [4.78, 5) is 6.68. The number of aromatic nitrogens is 1. The quantitative estimate of drug-likeness (QED) is 0.727. The van der Waals surface area contributed by atoms with Crippen LogP contribution >= 0.6 is 0 Å². The summed E-state index contributed by atoms with van der Waals surface area (Å²) in [6.07, 6.45) is 0. The summed E-state index contributed by atoms with van der Waals surface area (Å²) in [6, 6.07) is 5.91. The lowest BCUT2D eigenvalue weighted by atomic mass is 10.2. The van der Waals surface area contributed by atoms with Gasteiger partial charge in [-0.05, 0) is 19.1 Å². The van der Waals surface area contributed by atoms with Crippen molar-refractivity contribution < 1.29 is 0 Å². The predicted octanol–water partition coefficient (Wildman–Crippen LogP) is 0.671. The van der Waals surface area contributed by atoms with Crippen LogP contribution in [0, 0.1) is 18.3 Å². The second-order valence-electron chi connectivity index (χ2n) is 3.65. The Labute approximate surface area is 89.5 Å². The smallest absolute Gasteiger partial charge is 0.128 e. The number of hydrogen-bond acceptors (Lipinski definition) is 4. The van der Waals surface area contributed by atoms with Crippen molar-refractivity contribution in [2.75, 3.05) is 31.1 Å². The number of nitrogens with zero attached hydrogens (tertiary/aromatic N) is 3. The maximum atomic E-state index is 8.81. The Morgan fingerprint density at radius 2 is 2.13 bits per heavy atom. The number of hydrogen-bond donors (Lipinski definition) is 1. The Kier molecular flexibility index (Phi) is 2.84. The molecule has 4 nitrogen and oxygen atoms in total. The summed E-state index contributed by atoms with van der Waals surface area (Å²) in [6.45, 7) is 5.85. The molecule has 15 heavy (non-hydrogen) atoms. The predicted molar refractivity (Wildman–Crippen MR) is 58.8 cm³/mol. The second kappa shape index (κ2) is 4.28. The lowest BCUT2D eigenvalue weighted by Crippen LogP contribution is -2.43. The van der Waals surface area contributed by atoms with Gasteiger partial charge in [0.05, 0.1) is 11.3 Å². The molecule has 1 aliphatic rings. The lowest BCUT2D eigenvalue weighted by molar-refractivity contribution is 0.584. The molecule has 4 heteroatoms. The van der Waals surface area contributed by atoms with Crippen molar-refractivity contribution in [3.05, 3.63) is 23.4 Å². The molecule has 1 aromatic rings. The number of nitrogens with one attached hydrogen (secondary N) is 1. The molecule has 0 aromatic carbocycles. The van der Waals surface area contributed by atoms with Crippen molar-refractivity contribution in [1.29, 1.82) is 5.26 Å². The summed E-state index contributed by atoms with van der Waals surface area (Å²) in [5.41, 5.74) is 1.47. The molecule has 2 rings (SSSR count). The third-order valence-electron chi connectivity index (χ3n) is 2.63. The van der Waals surface area contributed by atoms with E-state index in [1.807, 2.05) is 19.1 Å². The van der Waals surface area contributed by atoms with Gasteiger partial charge in [0, 0.05) is 26.2 Å². The van der Waals surface area contributed by atoms with Crippen molar-refractivity contribution in [3.8, 4) is 6.07 Å². The van der Waals surface area contributed by atoms with Gasteiger partial charge in [0.25, 0.3) is 0 Å². The highest BCUT2D eigenvalue weighted by Gasteiger charge is 2.12. The maximum absolute atomic E-state index is 8.81. The van der Waals surface area contributed by atoms with Crippen LogP contribution in [0.1, 0.15) is 11.3 Å². The van der Waals surface area contributed by atoms with Gasteiger partial charge in [-0.25, -0.2) is 4.98 Å². The van der Waals surface area contributed by atoms with Gasteiger partial charge in [0.15, 0.2) is 0 Å². The van der Waals surface area contributed by atoms with E-state index in [-0.39, 0.29) is 0 Å². The minimum atomic E-state index is 0.661. The van der Waals surface area contributed by atoms with Crippen LogP contribution in [0.2, 0.25) is 0 Å². The monoisotopic (exact) mass is 202 g/mol. The zero-order chi connectivity index (χ0) is 10.7. The van der Waals surface area contributed by atoms with E-state index < -0.39 is 0 Å². The van der Waals surface area contributed by atoms with Crippen molar-refractivity contribution in [1.82, 2.24) is 10.3 Å². The van der Waals surface area contributed by atoms with Gasteiger partial charge in [-0.2, -0.15) is 5.26 Å². The standard InChI is InChI=1S/C11H14N4/c1-9-10(8-12)2-3-11(14-9)15-6-4-13-5-7-15/h2-3,13H,4-7H2,1H3. The van der Waals surface area contributed by atoms with E-state index in [0.29, 0.717) is 5.56 Å². The Morgan fingerprint density at radius 1 is 1.40 bits per heavy atom. The molecule has 0 spiro atoms. The average molecular weight is 202 g/mol. The molecule has 1 aromatic heterocycles. The average Bonchev–Trinajstić information content (AvgIpc) is 2.30. The van der Waals surface area contributed by atoms with Crippen LogP contribution in [-0.2, 0) is 0 Å². The molecular weight excluding hydrogens is 188 g/mol. The highest BCUT2D eigenvalue weighted by molar-refractivity contribution is 5.45. The zero-order valence-corrected chi connectivity index (χ0v) is 8.82. The Bertz CT molecular complexity index is 388. The molecular formula is C11H14N4. The maximum Gasteiger partial charge on any atom is 0.128 e. The molecule has 0 unspecified atom stereocenters. The van der Waals surface area contributed by atoms with Crippen molar-refractivity contribution in [3.63, 3.8) is 0 Å². The molecule has 0 radical (unpaired) electrons. The van der Waals surface area contributed by atoms with Gasteiger partial charge < -0.3 is 10.2 Å². The number of anilines is 1. The topological polar surface area (TPSA) is 52.0 Å². The van der Waals surface area contributed by atoms with Crippen LogP contribution in [0.3, 0.4) is 0 Å². The molecule has 1 aliphatic heterocycles. The normalized spacial score (nSPS) is 16.1. The Morgan fingerprint density at radius 3 is 2.73 bits per heavy atom. The van der Waals surface area contributed by atoms with Crippen molar-refractivity contribution in [2.45, 2.75) is 6.92 Å². The minimum Gasteiger partial charge on any atom is -0.354 e. The molecule has 2 heterocycles. The number of piperazine rings is 1. The summed E-state index contributed by atoms with van der Waals surface area (Å²) in [5.74, 6) is 0.980. The molecule has 0 saturated carbocycles. The van der Waals surface area contributed by atoms with E-state index in [4.69, 9.17) is 5.26 Å². The number of rotatable bonds is 1. The largest absolute Gasteiger partial charge is 0.354 e. The summed E-state index contributed by atoms with van der Waals surface area (Å²) < 4.78 is 0.